The predicted octanol–water partition coefficient (Wildman–Crippen LogP) is 1.02. The summed E-state index contributed by atoms with van der Waals surface area (Å²) < 4.78 is 12.9. The van der Waals surface area contributed by atoms with Crippen LogP contribution >= 0.6 is 0 Å². The van der Waals surface area contributed by atoms with Crippen LogP contribution in [0.5, 0.6) is 0 Å². The van der Waals surface area contributed by atoms with Gasteiger partial charge in [0.25, 0.3) is 5.56 Å². The summed E-state index contributed by atoms with van der Waals surface area (Å²) in [5, 5.41) is 11.1. The van der Waals surface area contributed by atoms with Gasteiger partial charge in [-0.3, -0.25) is 14.3 Å². The molecule has 1 aromatic heterocycles. The van der Waals surface area contributed by atoms with E-state index in [-0.39, 0.29) is 12.7 Å². The van der Waals surface area contributed by atoms with Crippen molar-refractivity contribution in [2.45, 2.75) is 69.8 Å². The highest BCUT2D eigenvalue weighted by Crippen LogP contribution is 2.43. The first-order valence-corrected chi connectivity index (χ1v) is 9.57. The molecule has 2 saturated heterocycles. The van der Waals surface area contributed by atoms with Crippen LogP contribution in [0.1, 0.15) is 53.0 Å². The number of hydrogen-bond acceptors (Lipinski definition) is 6. The minimum atomic E-state index is -1.20. The van der Waals surface area contributed by atoms with E-state index in [9.17, 15) is 19.5 Å². The number of aromatic nitrogens is 2. The molecule has 0 aliphatic carbocycles. The molecule has 2 atom stereocenters. The Morgan fingerprint density at radius 2 is 1.96 bits per heavy atom. The van der Waals surface area contributed by atoms with Gasteiger partial charge in [-0.15, -0.1) is 0 Å². The van der Waals surface area contributed by atoms with Gasteiger partial charge in [-0.25, -0.2) is 9.59 Å². The molecule has 0 radical (unpaired) electrons. The van der Waals surface area contributed by atoms with Crippen LogP contribution in [0.25, 0.3) is 0 Å². The molecule has 3 heterocycles. The van der Waals surface area contributed by atoms with E-state index in [2.05, 4.69) is 4.98 Å². The summed E-state index contributed by atoms with van der Waals surface area (Å²) in [4.78, 5) is 39.5. The first-order chi connectivity index (χ1) is 12.9. The average Bonchev–Trinajstić information content (AvgIpc) is 2.54. The van der Waals surface area contributed by atoms with Gasteiger partial charge >= 0.3 is 11.8 Å². The van der Waals surface area contributed by atoms with Gasteiger partial charge in [-0.2, -0.15) is 0 Å². The summed E-state index contributed by atoms with van der Waals surface area (Å²) in [6, 6.07) is 0.646. The lowest BCUT2D eigenvalue weighted by Crippen LogP contribution is -2.59. The largest absolute Gasteiger partial charge is 0.444 e. The number of carbonyl (C=O) groups excluding carboxylic acids is 1. The molecule has 0 unspecified atom stereocenters. The van der Waals surface area contributed by atoms with Gasteiger partial charge in [0.2, 0.25) is 0 Å². The lowest BCUT2D eigenvalue weighted by Gasteiger charge is -2.51. The van der Waals surface area contributed by atoms with Crippen LogP contribution in [-0.2, 0) is 9.47 Å². The van der Waals surface area contributed by atoms with Crippen LogP contribution in [0.4, 0.5) is 4.79 Å². The molecule has 0 aromatic carbocycles. The molecule has 9 nitrogen and oxygen atoms in total. The van der Waals surface area contributed by atoms with E-state index in [0.29, 0.717) is 32.4 Å². The van der Waals surface area contributed by atoms with Gasteiger partial charge < -0.3 is 19.5 Å². The van der Waals surface area contributed by atoms with E-state index >= 15 is 0 Å². The molecule has 1 spiro atoms. The molecule has 3 rings (SSSR count). The molecule has 0 saturated carbocycles. The number of nitrogens with one attached hydrogen (secondary N) is 1. The second-order valence-corrected chi connectivity index (χ2v) is 9.03. The van der Waals surface area contributed by atoms with Gasteiger partial charge in [0.1, 0.15) is 5.60 Å². The lowest BCUT2D eigenvalue weighted by molar-refractivity contribution is -0.196. The zero-order valence-electron chi connectivity index (χ0n) is 16.9. The maximum absolute atomic E-state index is 12.3. The number of piperidine rings is 1. The van der Waals surface area contributed by atoms with E-state index in [1.54, 1.807) is 11.8 Å². The highest BCUT2D eigenvalue weighted by molar-refractivity contribution is 5.68. The Kier molecular flexibility index (Phi) is 5.18. The van der Waals surface area contributed by atoms with Gasteiger partial charge in [-0.05, 0) is 40.5 Å². The number of ether oxygens (including phenoxy) is 2. The lowest BCUT2D eigenvalue weighted by atomic mass is 9.75. The van der Waals surface area contributed by atoms with Crippen molar-refractivity contribution >= 4 is 6.09 Å². The van der Waals surface area contributed by atoms with Crippen molar-refractivity contribution in [1.82, 2.24) is 14.5 Å². The normalized spacial score (nSPS) is 27.6. The van der Waals surface area contributed by atoms with Crippen molar-refractivity contribution in [2.24, 2.45) is 0 Å². The smallest absolute Gasteiger partial charge is 0.410 e. The number of amides is 1. The maximum atomic E-state index is 12.3. The third kappa shape index (κ3) is 4.30. The van der Waals surface area contributed by atoms with Gasteiger partial charge in [0.15, 0.2) is 0 Å². The molecule has 9 heteroatoms. The first-order valence-electron chi connectivity index (χ1n) is 9.57. The Morgan fingerprint density at radius 1 is 1.32 bits per heavy atom. The van der Waals surface area contributed by atoms with Crippen molar-refractivity contribution in [3.63, 3.8) is 0 Å². The number of aliphatic hydroxyl groups is 1. The minimum Gasteiger partial charge on any atom is -0.444 e. The molecule has 156 valence electrons. The summed E-state index contributed by atoms with van der Waals surface area (Å²) in [6.45, 7) is 8.28. The van der Waals surface area contributed by atoms with Crippen LogP contribution in [0.3, 0.4) is 0 Å². The topological polar surface area (TPSA) is 114 Å². The number of nitrogens with zero attached hydrogens (tertiary/aromatic N) is 2. The summed E-state index contributed by atoms with van der Waals surface area (Å²) in [6.07, 6.45) is 2.53. The van der Waals surface area contributed by atoms with Crippen LogP contribution in [0, 0.1) is 0 Å². The summed E-state index contributed by atoms with van der Waals surface area (Å²) in [5.41, 5.74) is -3.35. The van der Waals surface area contributed by atoms with Gasteiger partial charge in [-0.1, -0.05) is 0 Å². The van der Waals surface area contributed by atoms with Gasteiger partial charge in [0.05, 0.1) is 23.9 Å². The molecule has 2 aliphatic heterocycles. The highest BCUT2D eigenvalue weighted by atomic mass is 16.6. The van der Waals surface area contributed by atoms with E-state index in [1.807, 2.05) is 20.8 Å². The Morgan fingerprint density at radius 3 is 2.50 bits per heavy atom. The Bertz CT molecular complexity index is 842. The average molecular weight is 395 g/mol. The number of likely N-dealkylation sites (tertiary alicyclic amines) is 1. The third-order valence-corrected chi connectivity index (χ3v) is 5.46. The molecule has 2 fully saturated rings. The van der Waals surface area contributed by atoms with E-state index in [0.717, 1.165) is 0 Å². The van der Waals surface area contributed by atoms with Crippen LogP contribution in [0.15, 0.2) is 21.9 Å². The van der Waals surface area contributed by atoms with Crippen molar-refractivity contribution in [1.29, 1.82) is 0 Å². The number of rotatable bonds is 1. The molecule has 0 bridgehead atoms. The molecule has 2 N–H and O–H groups in total. The van der Waals surface area contributed by atoms with Crippen molar-refractivity contribution < 1.29 is 19.4 Å². The van der Waals surface area contributed by atoms with E-state index in [1.165, 1.54) is 16.8 Å². The number of H-pyrrole nitrogens is 1. The first kappa shape index (κ1) is 20.6. The minimum absolute atomic E-state index is 0.144. The third-order valence-electron chi connectivity index (χ3n) is 5.46. The van der Waals surface area contributed by atoms with Crippen molar-refractivity contribution in [3.8, 4) is 0 Å². The van der Waals surface area contributed by atoms with Crippen molar-refractivity contribution in [3.05, 3.63) is 33.1 Å². The SMILES string of the molecule is CC(C)(C)OC(=O)N1CCC2(CC1)C[C@@](C)(O)[C@H](n1ccc(=O)[nH]c1=O)CO2. The molecular formula is C19H29N3O6. The Balaban J connectivity index is 1.69. The van der Waals surface area contributed by atoms with Crippen molar-refractivity contribution in [2.75, 3.05) is 19.7 Å². The van der Waals surface area contributed by atoms with E-state index in [4.69, 9.17) is 9.47 Å². The molecular weight excluding hydrogens is 366 g/mol. The fourth-order valence-corrected chi connectivity index (χ4v) is 4.05. The van der Waals surface area contributed by atoms with Crippen LogP contribution < -0.4 is 11.2 Å². The van der Waals surface area contributed by atoms with Crippen LogP contribution in [-0.4, -0.2) is 62.2 Å². The zero-order chi connectivity index (χ0) is 20.7. The number of hydrogen-bond donors (Lipinski definition) is 2. The summed E-state index contributed by atoms with van der Waals surface area (Å²) >= 11 is 0. The maximum Gasteiger partial charge on any atom is 0.410 e. The summed E-state index contributed by atoms with van der Waals surface area (Å²) in [5.74, 6) is 0. The zero-order valence-corrected chi connectivity index (χ0v) is 16.9. The molecule has 28 heavy (non-hydrogen) atoms. The fraction of sp³-hybridized carbons (Fsp3) is 0.737. The monoisotopic (exact) mass is 395 g/mol. The number of carbonyl (C=O) groups is 1. The molecule has 1 aromatic rings. The standard InChI is InChI=1S/C19H29N3O6/c1-17(2,3)28-16(25)21-9-6-19(7-10-21)12-18(4,26)13(11-27-19)22-8-5-14(23)20-15(22)24/h5,8,13,26H,6-7,9-12H2,1-4H3,(H,20,23,24)/t13-,18-/m1/s1. The summed E-state index contributed by atoms with van der Waals surface area (Å²) in [7, 11) is 0. The quantitative estimate of drug-likeness (QED) is 0.734. The van der Waals surface area contributed by atoms with Crippen LogP contribution in [0.2, 0.25) is 0 Å². The molecule has 1 amide bonds. The predicted molar refractivity (Wildman–Crippen MR) is 101 cm³/mol. The fourth-order valence-electron chi connectivity index (χ4n) is 4.05. The van der Waals surface area contributed by atoms with E-state index < -0.39 is 34.1 Å². The number of aromatic amines is 1. The molecule has 2 aliphatic rings. The Hall–Kier alpha value is -2.13. The second kappa shape index (κ2) is 7.04. The second-order valence-electron chi connectivity index (χ2n) is 9.03. The van der Waals surface area contributed by atoms with Gasteiger partial charge in [0, 0.05) is 31.8 Å². The highest BCUT2D eigenvalue weighted by Gasteiger charge is 2.50. The Labute approximate surface area is 163 Å².